The first-order valence-corrected chi connectivity index (χ1v) is 7.12. The Morgan fingerprint density at radius 2 is 2.13 bits per heavy atom. The molecule has 0 fully saturated rings. The van der Waals surface area contributed by atoms with Crippen molar-refractivity contribution in [3.05, 3.63) is 41.6 Å². The Labute approximate surface area is 133 Å². The fraction of sp³-hybridized carbons (Fsp3) is 0.312. The fourth-order valence-electron chi connectivity index (χ4n) is 2.23. The van der Waals surface area contributed by atoms with Crippen LogP contribution in [0.5, 0.6) is 5.75 Å². The number of rotatable bonds is 6. The Kier molecular flexibility index (Phi) is 5.00. The number of nitrogens with zero attached hydrogens (tertiary/aromatic N) is 2. The maximum atomic E-state index is 12.2. The van der Waals surface area contributed by atoms with Gasteiger partial charge in [0.15, 0.2) is 5.69 Å². The molecule has 0 saturated heterocycles. The lowest BCUT2D eigenvalue weighted by Crippen LogP contribution is -2.16. The van der Waals surface area contributed by atoms with Crippen LogP contribution in [0, 0.1) is 0 Å². The quantitative estimate of drug-likeness (QED) is 0.852. The van der Waals surface area contributed by atoms with Crippen LogP contribution in [-0.2, 0) is 11.8 Å². The number of ether oxygens (including phenoxy) is 1. The summed E-state index contributed by atoms with van der Waals surface area (Å²) in [6, 6.07) is 8.89. The zero-order valence-electron chi connectivity index (χ0n) is 13.2. The van der Waals surface area contributed by atoms with E-state index in [2.05, 4.69) is 10.4 Å². The predicted octanol–water partition coefficient (Wildman–Crippen LogP) is 2.26. The maximum absolute atomic E-state index is 12.2. The number of aromatic nitrogens is 2. The molecule has 1 unspecified atom stereocenters. The molecule has 7 nitrogen and oxygen atoms in total. The van der Waals surface area contributed by atoms with Gasteiger partial charge in [0.05, 0.1) is 7.11 Å². The number of carboxylic acid groups (broad SMARTS) is 1. The van der Waals surface area contributed by atoms with Gasteiger partial charge < -0.3 is 15.2 Å². The van der Waals surface area contributed by atoms with E-state index in [0.29, 0.717) is 5.82 Å². The SMILES string of the molecule is COc1cccc(C(C)CC(=O)Nc2cc(C(=O)O)nn2C)c1. The number of methoxy groups -OCH3 is 1. The van der Waals surface area contributed by atoms with Gasteiger partial charge in [0.2, 0.25) is 5.91 Å². The number of carbonyl (C=O) groups excluding carboxylic acids is 1. The molecule has 0 aliphatic rings. The monoisotopic (exact) mass is 317 g/mol. The van der Waals surface area contributed by atoms with Gasteiger partial charge in [-0.2, -0.15) is 5.10 Å². The number of carboxylic acids is 1. The molecule has 1 aromatic heterocycles. The highest BCUT2D eigenvalue weighted by molar-refractivity contribution is 5.92. The first kappa shape index (κ1) is 16.5. The highest BCUT2D eigenvalue weighted by Gasteiger charge is 2.16. The lowest BCUT2D eigenvalue weighted by atomic mass is 9.97. The van der Waals surface area contributed by atoms with E-state index in [1.54, 1.807) is 14.2 Å². The third-order valence-corrected chi connectivity index (χ3v) is 3.52. The summed E-state index contributed by atoms with van der Waals surface area (Å²) in [5.74, 6) is -0.249. The van der Waals surface area contributed by atoms with Gasteiger partial charge in [-0.3, -0.25) is 9.48 Å². The molecule has 2 aromatic rings. The molecule has 0 aliphatic heterocycles. The minimum atomic E-state index is -1.13. The first-order valence-electron chi connectivity index (χ1n) is 7.12. The lowest BCUT2D eigenvalue weighted by molar-refractivity contribution is -0.116. The van der Waals surface area contributed by atoms with Gasteiger partial charge in [-0.15, -0.1) is 0 Å². The number of hydrogen-bond donors (Lipinski definition) is 2. The molecule has 0 radical (unpaired) electrons. The Hall–Kier alpha value is -2.83. The van der Waals surface area contributed by atoms with Crippen LogP contribution in [0.4, 0.5) is 5.82 Å². The molecule has 2 N–H and O–H groups in total. The summed E-state index contributed by atoms with van der Waals surface area (Å²) in [5.41, 5.74) is 0.888. The minimum absolute atomic E-state index is 0.00253. The summed E-state index contributed by atoms with van der Waals surface area (Å²) >= 11 is 0. The molecular formula is C16H19N3O4. The number of hydrogen-bond acceptors (Lipinski definition) is 4. The zero-order chi connectivity index (χ0) is 17.0. The van der Waals surface area contributed by atoms with E-state index in [4.69, 9.17) is 9.84 Å². The van der Waals surface area contributed by atoms with E-state index in [1.165, 1.54) is 10.7 Å². The second-order valence-electron chi connectivity index (χ2n) is 5.27. The van der Waals surface area contributed by atoms with Gasteiger partial charge in [0.25, 0.3) is 0 Å². The van der Waals surface area contributed by atoms with Gasteiger partial charge in [-0.25, -0.2) is 4.79 Å². The topological polar surface area (TPSA) is 93.4 Å². The van der Waals surface area contributed by atoms with E-state index in [0.717, 1.165) is 11.3 Å². The Morgan fingerprint density at radius 3 is 2.74 bits per heavy atom. The number of nitrogens with one attached hydrogen (secondary N) is 1. The van der Waals surface area contributed by atoms with Crippen LogP contribution in [0.25, 0.3) is 0 Å². The summed E-state index contributed by atoms with van der Waals surface area (Å²) in [7, 11) is 3.17. The number of aryl methyl sites for hydroxylation is 1. The molecule has 1 heterocycles. The maximum Gasteiger partial charge on any atom is 0.356 e. The molecule has 2 rings (SSSR count). The highest BCUT2D eigenvalue weighted by Crippen LogP contribution is 2.23. The molecule has 1 aromatic carbocycles. The molecule has 0 spiro atoms. The standard InChI is InChI=1S/C16H19N3O4/c1-10(11-5-4-6-12(8-11)23-3)7-15(20)17-14-9-13(16(21)22)18-19(14)2/h4-6,8-10H,7H2,1-3H3,(H,17,20)(H,21,22). The van der Waals surface area contributed by atoms with Crippen molar-refractivity contribution < 1.29 is 19.4 Å². The van der Waals surface area contributed by atoms with E-state index in [1.807, 2.05) is 31.2 Å². The second kappa shape index (κ2) is 6.95. The van der Waals surface area contributed by atoms with Crippen molar-refractivity contribution in [1.82, 2.24) is 9.78 Å². The summed E-state index contributed by atoms with van der Waals surface area (Å²) in [4.78, 5) is 23.0. The summed E-state index contributed by atoms with van der Waals surface area (Å²) in [6.45, 7) is 1.94. The Bertz CT molecular complexity index is 724. The molecular weight excluding hydrogens is 298 g/mol. The average Bonchev–Trinajstić information content (AvgIpc) is 2.88. The number of carbonyl (C=O) groups is 2. The smallest absolute Gasteiger partial charge is 0.356 e. The van der Waals surface area contributed by atoms with Crippen LogP contribution in [0.2, 0.25) is 0 Å². The third-order valence-electron chi connectivity index (χ3n) is 3.52. The minimum Gasteiger partial charge on any atom is -0.497 e. The molecule has 23 heavy (non-hydrogen) atoms. The molecule has 7 heteroatoms. The van der Waals surface area contributed by atoms with Crippen LogP contribution in [0.15, 0.2) is 30.3 Å². The lowest BCUT2D eigenvalue weighted by Gasteiger charge is -2.13. The van der Waals surface area contributed by atoms with Crippen molar-refractivity contribution in [2.24, 2.45) is 7.05 Å². The van der Waals surface area contributed by atoms with Crippen LogP contribution in [-0.4, -0.2) is 33.9 Å². The highest BCUT2D eigenvalue weighted by atomic mass is 16.5. The summed E-state index contributed by atoms with van der Waals surface area (Å²) in [5, 5.41) is 15.4. The zero-order valence-corrected chi connectivity index (χ0v) is 13.2. The van der Waals surface area contributed by atoms with Crippen LogP contribution in [0.3, 0.4) is 0 Å². The van der Waals surface area contributed by atoms with Crippen molar-refractivity contribution in [3.63, 3.8) is 0 Å². The number of amides is 1. The molecule has 0 aliphatic carbocycles. The Morgan fingerprint density at radius 1 is 1.39 bits per heavy atom. The van der Waals surface area contributed by atoms with Crippen LogP contribution >= 0.6 is 0 Å². The molecule has 0 saturated carbocycles. The first-order chi connectivity index (χ1) is 10.9. The molecule has 1 atom stereocenters. The van der Waals surface area contributed by atoms with Crippen molar-refractivity contribution in [2.45, 2.75) is 19.3 Å². The van der Waals surface area contributed by atoms with E-state index in [9.17, 15) is 9.59 Å². The fourth-order valence-corrected chi connectivity index (χ4v) is 2.23. The van der Waals surface area contributed by atoms with Gasteiger partial charge in [-0.1, -0.05) is 19.1 Å². The molecule has 0 bridgehead atoms. The largest absolute Gasteiger partial charge is 0.497 e. The number of anilines is 1. The third kappa shape index (κ3) is 4.09. The molecule has 122 valence electrons. The van der Waals surface area contributed by atoms with Crippen LogP contribution in [0.1, 0.15) is 35.3 Å². The summed E-state index contributed by atoms with van der Waals surface area (Å²) < 4.78 is 6.51. The second-order valence-corrected chi connectivity index (χ2v) is 5.27. The van der Waals surface area contributed by atoms with Gasteiger partial charge in [0.1, 0.15) is 11.6 Å². The number of aromatic carboxylic acids is 1. The van der Waals surface area contributed by atoms with E-state index >= 15 is 0 Å². The van der Waals surface area contributed by atoms with Crippen molar-refractivity contribution in [1.29, 1.82) is 0 Å². The van der Waals surface area contributed by atoms with Crippen LogP contribution < -0.4 is 10.1 Å². The number of benzene rings is 1. The van der Waals surface area contributed by atoms with Crippen molar-refractivity contribution in [2.75, 3.05) is 12.4 Å². The van der Waals surface area contributed by atoms with E-state index in [-0.39, 0.29) is 23.9 Å². The van der Waals surface area contributed by atoms with Gasteiger partial charge >= 0.3 is 5.97 Å². The normalized spacial score (nSPS) is 11.8. The van der Waals surface area contributed by atoms with Gasteiger partial charge in [0, 0.05) is 19.5 Å². The van der Waals surface area contributed by atoms with Crippen molar-refractivity contribution in [3.8, 4) is 5.75 Å². The van der Waals surface area contributed by atoms with E-state index < -0.39 is 5.97 Å². The predicted molar refractivity (Wildman–Crippen MR) is 84.8 cm³/mol. The summed E-state index contributed by atoms with van der Waals surface area (Å²) in [6.07, 6.45) is 0.265. The van der Waals surface area contributed by atoms with Crippen molar-refractivity contribution >= 4 is 17.7 Å². The molecule has 1 amide bonds. The Balaban J connectivity index is 2.02. The average molecular weight is 317 g/mol. The van der Waals surface area contributed by atoms with Gasteiger partial charge in [-0.05, 0) is 23.6 Å².